The minimum absolute atomic E-state index is 0.0589. The van der Waals surface area contributed by atoms with Gasteiger partial charge < -0.3 is 4.74 Å². The molecular weight excluding hydrogens is 258 g/mol. The predicted octanol–water partition coefficient (Wildman–Crippen LogP) is -0.927. The SMILES string of the molecule is O=C1C2CCCNC2N(N2CCOCC2)C2=NCCN12. The Morgan fingerprint density at radius 3 is 2.95 bits per heavy atom. The van der Waals surface area contributed by atoms with Crippen molar-refractivity contribution in [3.63, 3.8) is 0 Å². The molecule has 1 amide bonds. The Morgan fingerprint density at radius 1 is 1.25 bits per heavy atom. The Balaban J connectivity index is 1.67. The van der Waals surface area contributed by atoms with E-state index in [0.29, 0.717) is 0 Å². The first-order chi connectivity index (χ1) is 9.86. The van der Waals surface area contributed by atoms with Gasteiger partial charge in [-0.05, 0) is 19.4 Å². The molecular formula is C13H21N5O2. The van der Waals surface area contributed by atoms with Crippen LogP contribution in [0.5, 0.6) is 0 Å². The smallest absolute Gasteiger partial charge is 0.236 e. The number of piperidine rings is 1. The maximum atomic E-state index is 12.6. The van der Waals surface area contributed by atoms with Crippen LogP contribution in [0.15, 0.2) is 4.99 Å². The van der Waals surface area contributed by atoms with Gasteiger partial charge in [0.25, 0.3) is 0 Å². The normalized spacial score (nSPS) is 34.8. The number of hydrogen-bond donors (Lipinski definition) is 1. The van der Waals surface area contributed by atoms with E-state index in [0.717, 1.165) is 64.7 Å². The molecule has 4 heterocycles. The van der Waals surface area contributed by atoms with Crippen molar-refractivity contribution in [3.05, 3.63) is 0 Å². The topological polar surface area (TPSA) is 60.4 Å². The first kappa shape index (κ1) is 12.6. The number of fused-ring (bicyclic) bond motifs is 2. The van der Waals surface area contributed by atoms with E-state index in [1.807, 2.05) is 4.90 Å². The average Bonchev–Trinajstić information content (AvgIpc) is 2.98. The van der Waals surface area contributed by atoms with Crippen LogP contribution in [0, 0.1) is 5.92 Å². The molecule has 2 atom stereocenters. The van der Waals surface area contributed by atoms with E-state index in [2.05, 4.69) is 20.3 Å². The summed E-state index contributed by atoms with van der Waals surface area (Å²) in [6.07, 6.45) is 2.12. The second-order valence-corrected chi connectivity index (χ2v) is 5.73. The number of hydrogen-bond acceptors (Lipinski definition) is 6. The van der Waals surface area contributed by atoms with E-state index in [1.165, 1.54) is 0 Å². The summed E-state index contributed by atoms with van der Waals surface area (Å²) in [5.41, 5.74) is 0. The maximum absolute atomic E-state index is 12.6. The third-order valence-corrected chi connectivity index (χ3v) is 4.59. The van der Waals surface area contributed by atoms with E-state index < -0.39 is 0 Å². The number of guanidine groups is 1. The van der Waals surface area contributed by atoms with Gasteiger partial charge in [0, 0.05) is 19.6 Å². The summed E-state index contributed by atoms with van der Waals surface area (Å²) in [6.45, 7) is 5.66. The van der Waals surface area contributed by atoms with Gasteiger partial charge in [-0.15, -0.1) is 0 Å². The number of hydrazine groups is 1. The number of carbonyl (C=O) groups excluding carboxylic acids is 1. The number of amides is 1. The molecule has 0 aromatic heterocycles. The van der Waals surface area contributed by atoms with Crippen molar-refractivity contribution in [2.75, 3.05) is 45.9 Å². The maximum Gasteiger partial charge on any atom is 0.236 e. The first-order valence-corrected chi connectivity index (χ1v) is 7.57. The van der Waals surface area contributed by atoms with Gasteiger partial charge in [-0.3, -0.25) is 20.0 Å². The number of nitrogens with one attached hydrogen (secondary N) is 1. The number of rotatable bonds is 1. The molecule has 0 bridgehead atoms. The van der Waals surface area contributed by atoms with Crippen molar-refractivity contribution in [3.8, 4) is 0 Å². The highest BCUT2D eigenvalue weighted by Gasteiger charge is 2.49. The van der Waals surface area contributed by atoms with Crippen LogP contribution in [-0.2, 0) is 9.53 Å². The number of carbonyl (C=O) groups is 1. The Morgan fingerprint density at radius 2 is 2.10 bits per heavy atom. The number of morpholine rings is 1. The third kappa shape index (κ3) is 1.84. The van der Waals surface area contributed by atoms with Crippen molar-refractivity contribution < 1.29 is 9.53 Å². The van der Waals surface area contributed by atoms with Crippen molar-refractivity contribution in [2.24, 2.45) is 10.9 Å². The Bertz CT molecular complexity index is 434. The Labute approximate surface area is 118 Å². The molecule has 4 rings (SSSR count). The van der Waals surface area contributed by atoms with Crippen LogP contribution in [0.3, 0.4) is 0 Å². The van der Waals surface area contributed by atoms with Crippen molar-refractivity contribution in [2.45, 2.75) is 19.0 Å². The van der Waals surface area contributed by atoms with Gasteiger partial charge in [-0.2, -0.15) is 0 Å². The van der Waals surface area contributed by atoms with Gasteiger partial charge in [0.1, 0.15) is 6.17 Å². The van der Waals surface area contributed by atoms with E-state index in [4.69, 9.17) is 4.74 Å². The fourth-order valence-corrected chi connectivity index (χ4v) is 3.62. The highest BCUT2D eigenvalue weighted by molar-refractivity contribution is 6.01. The number of ether oxygens (including phenoxy) is 1. The van der Waals surface area contributed by atoms with Crippen LogP contribution in [-0.4, -0.2) is 78.9 Å². The summed E-state index contributed by atoms with van der Waals surface area (Å²) in [4.78, 5) is 19.1. The van der Waals surface area contributed by atoms with E-state index in [-0.39, 0.29) is 18.0 Å². The highest BCUT2D eigenvalue weighted by atomic mass is 16.5. The van der Waals surface area contributed by atoms with Crippen LogP contribution >= 0.6 is 0 Å². The summed E-state index contributed by atoms with van der Waals surface area (Å²) in [6, 6.07) is 0. The molecule has 1 N–H and O–H groups in total. The fraction of sp³-hybridized carbons (Fsp3) is 0.846. The molecule has 110 valence electrons. The fourth-order valence-electron chi connectivity index (χ4n) is 3.62. The van der Waals surface area contributed by atoms with Gasteiger partial charge >= 0.3 is 0 Å². The molecule has 7 nitrogen and oxygen atoms in total. The summed E-state index contributed by atoms with van der Waals surface area (Å²) in [5, 5.41) is 8.06. The minimum Gasteiger partial charge on any atom is -0.379 e. The molecule has 0 aromatic rings. The van der Waals surface area contributed by atoms with E-state index in [1.54, 1.807) is 0 Å². The van der Waals surface area contributed by atoms with Crippen LogP contribution < -0.4 is 5.32 Å². The highest BCUT2D eigenvalue weighted by Crippen LogP contribution is 2.30. The second-order valence-electron chi connectivity index (χ2n) is 5.73. The largest absolute Gasteiger partial charge is 0.379 e. The second kappa shape index (κ2) is 4.98. The zero-order chi connectivity index (χ0) is 13.5. The lowest BCUT2D eigenvalue weighted by molar-refractivity contribution is -0.152. The zero-order valence-corrected chi connectivity index (χ0v) is 11.6. The van der Waals surface area contributed by atoms with Crippen LogP contribution in [0.25, 0.3) is 0 Å². The molecule has 20 heavy (non-hydrogen) atoms. The molecule has 2 unspecified atom stereocenters. The Hall–Kier alpha value is -1.18. The molecule has 4 aliphatic rings. The van der Waals surface area contributed by atoms with E-state index >= 15 is 0 Å². The summed E-state index contributed by atoms with van der Waals surface area (Å²) in [7, 11) is 0. The standard InChI is InChI=1S/C13H21N5O2/c19-12-10-2-1-3-14-11(10)18(13-15-4-5-17(12)13)16-6-8-20-9-7-16/h10-11,14H,1-9H2. The van der Waals surface area contributed by atoms with Crippen LogP contribution in [0.4, 0.5) is 0 Å². The third-order valence-electron chi connectivity index (χ3n) is 4.59. The van der Waals surface area contributed by atoms with Gasteiger partial charge in [0.15, 0.2) is 0 Å². The lowest BCUT2D eigenvalue weighted by Crippen LogP contribution is -2.71. The quantitative estimate of drug-likeness (QED) is 0.672. The van der Waals surface area contributed by atoms with Gasteiger partial charge in [0.2, 0.25) is 11.9 Å². The molecule has 4 aliphatic heterocycles. The predicted molar refractivity (Wildman–Crippen MR) is 72.8 cm³/mol. The molecule has 7 heteroatoms. The zero-order valence-electron chi connectivity index (χ0n) is 11.6. The molecule has 3 fully saturated rings. The Kier molecular flexibility index (Phi) is 3.13. The molecule has 0 spiro atoms. The number of aliphatic imine (C=N–C) groups is 1. The van der Waals surface area contributed by atoms with Gasteiger partial charge in [0.05, 0.1) is 25.7 Å². The van der Waals surface area contributed by atoms with Crippen molar-refractivity contribution >= 4 is 11.9 Å². The molecule has 3 saturated heterocycles. The molecule has 0 radical (unpaired) electrons. The summed E-state index contributed by atoms with van der Waals surface area (Å²) < 4.78 is 5.45. The minimum atomic E-state index is 0.0589. The summed E-state index contributed by atoms with van der Waals surface area (Å²) >= 11 is 0. The molecule has 0 aliphatic carbocycles. The monoisotopic (exact) mass is 279 g/mol. The first-order valence-electron chi connectivity index (χ1n) is 7.57. The average molecular weight is 279 g/mol. The van der Waals surface area contributed by atoms with Crippen LogP contribution in [0.2, 0.25) is 0 Å². The summed E-state index contributed by atoms with van der Waals surface area (Å²) in [5.74, 6) is 1.15. The molecule has 0 aromatic carbocycles. The van der Waals surface area contributed by atoms with Crippen molar-refractivity contribution in [1.29, 1.82) is 0 Å². The van der Waals surface area contributed by atoms with Crippen LogP contribution in [0.1, 0.15) is 12.8 Å². The van der Waals surface area contributed by atoms with Gasteiger partial charge in [-0.25, -0.2) is 10.0 Å². The molecule has 0 saturated carbocycles. The lowest BCUT2D eigenvalue weighted by atomic mass is 9.92. The number of nitrogens with zero attached hydrogens (tertiary/aromatic N) is 4. The van der Waals surface area contributed by atoms with Crippen molar-refractivity contribution in [1.82, 2.24) is 20.2 Å². The van der Waals surface area contributed by atoms with Gasteiger partial charge in [-0.1, -0.05) is 0 Å². The lowest BCUT2D eigenvalue weighted by Gasteiger charge is -2.52. The van der Waals surface area contributed by atoms with E-state index in [9.17, 15) is 4.79 Å².